The van der Waals surface area contributed by atoms with Crippen LogP contribution in [0.5, 0.6) is 0 Å². The van der Waals surface area contributed by atoms with Gasteiger partial charge in [0.05, 0.1) is 0 Å². The van der Waals surface area contributed by atoms with Gasteiger partial charge >= 0.3 is 0 Å². The van der Waals surface area contributed by atoms with Crippen LogP contribution in [0.1, 0.15) is 64.2 Å². The molecular weight excluding hydrogens is 216 g/mol. The fourth-order valence-corrected chi connectivity index (χ4v) is 3.60. The Labute approximate surface area is 113 Å². The number of benzene rings is 1. The van der Waals surface area contributed by atoms with E-state index >= 15 is 0 Å². The molecule has 100 valence electrons. The molecule has 0 aromatic heterocycles. The Kier molecular flexibility index (Phi) is 6.33. The highest BCUT2D eigenvalue weighted by Gasteiger charge is 2.24. The average Bonchev–Trinajstić information content (AvgIpc) is 2.51. The van der Waals surface area contributed by atoms with Gasteiger partial charge in [-0.05, 0) is 11.8 Å². The van der Waals surface area contributed by atoms with Crippen LogP contribution in [0.4, 0.5) is 0 Å². The Morgan fingerprint density at radius 1 is 0.389 bits per heavy atom. The highest BCUT2D eigenvalue weighted by atomic mass is 14.3. The molecule has 0 nitrogen and oxygen atoms in total. The van der Waals surface area contributed by atoms with Crippen molar-refractivity contribution in [1.29, 1.82) is 0 Å². The van der Waals surface area contributed by atoms with Crippen LogP contribution in [0.2, 0.25) is 0 Å². The lowest BCUT2D eigenvalue weighted by atomic mass is 9.73. The lowest BCUT2D eigenvalue weighted by molar-refractivity contribution is 0.196. The molecule has 2 aliphatic rings. The predicted molar refractivity (Wildman–Crippen MR) is 79.6 cm³/mol. The van der Waals surface area contributed by atoms with E-state index < -0.39 is 0 Å². The minimum absolute atomic E-state index is 1.14. The zero-order valence-corrected chi connectivity index (χ0v) is 11.7. The second-order valence-electron chi connectivity index (χ2n) is 5.95. The zero-order valence-electron chi connectivity index (χ0n) is 11.7. The molecule has 0 N–H and O–H groups in total. The summed E-state index contributed by atoms with van der Waals surface area (Å²) in [5.41, 5.74) is 0. The smallest absolute Gasteiger partial charge is 0.0386 e. The highest BCUT2D eigenvalue weighted by Crippen LogP contribution is 2.37. The Balaban J connectivity index is 0.000000169. The van der Waals surface area contributed by atoms with Gasteiger partial charge in [-0.3, -0.25) is 0 Å². The monoisotopic (exact) mass is 244 g/mol. The summed E-state index contributed by atoms with van der Waals surface area (Å²) >= 11 is 0. The van der Waals surface area contributed by atoms with Crippen molar-refractivity contribution in [2.45, 2.75) is 64.2 Å². The SMILES string of the molecule is C1CCC(C2CCCCC2)CC1.c1ccccc1. The summed E-state index contributed by atoms with van der Waals surface area (Å²) < 4.78 is 0. The van der Waals surface area contributed by atoms with E-state index in [1.165, 1.54) is 38.5 Å². The highest BCUT2D eigenvalue weighted by molar-refractivity contribution is 4.99. The van der Waals surface area contributed by atoms with Crippen LogP contribution in [-0.2, 0) is 0 Å². The first-order valence-corrected chi connectivity index (χ1v) is 7.97. The molecule has 0 heterocycles. The van der Waals surface area contributed by atoms with E-state index in [0.717, 1.165) is 11.8 Å². The van der Waals surface area contributed by atoms with E-state index in [0.29, 0.717) is 0 Å². The molecular formula is C18H28. The largest absolute Gasteiger partial charge is 0.0623 e. The maximum absolute atomic E-state index is 2.00. The summed E-state index contributed by atoms with van der Waals surface area (Å²) in [5, 5.41) is 0. The summed E-state index contributed by atoms with van der Waals surface area (Å²) in [7, 11) is 0. The summed E-state index contributed by atoms with van der Waals surface area (Å²) in [6.45, 7) is 0. The van der Waals surface area contributed by atoms with Gasteiger partial charge in [-0.25, -0.2) is 0 Å². The van der Waals surface area contributed by atoms with Gasteiger partial charge in [0.25, 0.3) is 0 Å². The summed E-state index contributed by atoms with van der Waals surface area (Å²) in [5.74, 6) is 2.28. The fraction of sp³-hybridized carbons (Fsp3) is 0.667. The normalized spacial score (nSPS) is 22.0. The van der Waals surface area contributed by atoms with Crippen molar-refractivity contribution < 1.29 is 0 Å². The lowest BCUT2D eigenvalue weighted by Gasteiger charge is -2.32. The molecule has 2 fully saturated rings. The van der Waals surface area contributed by atoms with Crippen molar-refractivity contribution >= 4 is 0 Å². The van der Waals surface area contributed by atoms with Gasteiger partial charge in [-0.1, -0.05) is 101 Å². The van der Waals surface area contributed by atoms with E-state index in [1.54, 1.807) is 25.7 Å². The van der Waals surface area contributed by atoms with Gasteiger partial charge in [-0.15, -0.1) is 0 Å². The third-order valence-corrected chi connectivity index (χ3v) is 4.63. The Morgan fingerprint density at radius 2 is 0.667 bits per heavy atom. The molecule has 0 bridgehead atoms. The van der Waals surface area contributed by atoms with E-state index in [9.17, 15) is 0 Å². The Morgan fingerprint density at radius 3 is 0.944 bits per heavy atom. The minimum atomic E-state index is 1.14. The van der Waals surface area contributed by atoms with Crippen molar-refractivity contribution in [2.75, 3.05) is 0 Å². The van der Waals surface area contributed by atoms with E-state index in [4.69, 9.17) is 0 Å². The molecule has 0 saturated heterocycles. The first kappa shape index (κ1) is 13.6. The van der Waals surface area contributed by atoms with Gasteiger partial charge in [0.1, 0.15) is 0 Å². The van der Waals surface area contributed by atoms with E-state index in [-0.39, 0.29) is 0 Å². The minimum Gasteiger partial charge on any atom is -0.0623 e. The van der Waals surface area contributed by atoms with Gasteiger partial charge in [0, 0.05) is 0 Å². The molecule has 0 spiro atoms. The average molecular weight is 244 g/mol. The van der Waals surface area contributed by atoms with Crippen LogP contribution in [0.25, 0.3) is 0 Å². The molecule has 0 aliphatic heterocycles. The number of hydrogen-bond acceptors (Lipinski definition) is 0. The third-order valence-electron chi connectivity index (χ3n) is 4.63. The van der Waals surface area contributed by atoms with E-state index in [1.807, 2.05) is 36.4 Å². The summed E-state index contributed by atoms with van der Waals surface area (Å²) in [6.07, 6.45) is 15.4. The van der Waals surface area contributed by atoms with Crippen molar-refractivity contribution in [3.05, 3.63) is 36.4 Å². The molecule has 2 aliphatic carbocycles. The van der Waals surface area contributed by atoms with Gasteiger partial charge in [0.15, 0.2) is 0 Å². The fourth-order valence-electron chi connectivity index (χ4n) is 3.60. The molecule has 18 heavy (non-hydrogen) atoms. The molecule has 1 aromatic rings. The maximum Gasteiger partial charge on any atom is -0.0386 e. The maximum atomic E-state index is 2.00. The molecule has 2 saturated carbocycles. The van der Waals surface area contributed by atoms with Crippen LogP contribution in [0.15, 0.2) is 36.4 Å². The van der Waals surface area contributed by atoms with Crippen molar-refractivity contribution in [1.82, 2.24) is 0 Å². The van der Waals surface area contributed by atoms with Gasteiger partial charge < -0.3 is 0 Å². The predicted octanol–water partition coefficient (Wildman–Crippen LogP) is 5.83. The molecule has 0 atom stereocenters. The second-order valence-corrected chi connectivity index (χ2v) is 5.95. The third kappa shape index (κ3) is 4.84. The first-order valence-electron chi connectivity index (χ1n) is 7.97. The van der Waals surface area contributed by atoms with Crippen molar-refractivity contribution in [2.24, 2.45) is 11.8 Å². The topological polar surface area (TPSA) is 0 Å². The summed E-state index contributed by atoms with van der Waals surface area (Å²) in [6, 6.07) is 12.0. The van der Waals surface area contributed by atoms with Crippen LogP contribution >= 0.6 is 0 Å². The molecule has 0 amide bonds. The van der Waals surface area contributed by atoms with Crippen molar-refractivity contribution in [3.63, 3.8) is 0 Å². The second kappa shape index (κ2) is 8.34. The summed E-state index contributed by atoms with van der Waals surface area (Å²) in [4.78, 5) is 0. The van der Waals surface area contributed by atoms with Gasteiger partial charge in [0.2, 0.25) is 0 Å². The molecule has 1 aromatic carbocycles. The van der Waals surface area contributed by atoms with Crippen LogP contribution in [-0.4, -0.2) is 0 Å². The first-order chi connectivity index (χ1) is 8.97. The molecule has 0 heteroatoms. The quantitative estimate of drug-likeness (QED) is 0.582. The Bertz CT molecular complexity index is 235. The van der Waals surface area contributed by atoms with Gasteiger partial charge in [-0.2, -0.15) is 0 Å². The number of rotatable bonds is 1. The van der Waals surface area contributed by atoms with Crippen LogP contribution in [0, 0.1) is 11.8 Å². The van der Waals surface area contributed by atoms with E-state index in [2.05, 4.69) is 0 Å². The van der Waals surface area contributed by atoms with Crippen molar-refractivity contribution in [3.8, 4) is 0 Å². The Hall–Kier alpha value is -0.780. The molecule has 0 radical (unpaired) electrons. The lowest BCUT2D eigenvalue weighted by Crippen LogP contribution is -2.20. The standard InChI is InChI=1S/C12H22.C6H6/c1-3-7-11(8-4-1)12-9-5-2-6-10-12;1-2-4-6-5-3-1/h11-12H,1-10H2;1-6H. The van der Waals surface area contributed by atoms with Crippen LogP contribution in [0.3, 0.4) is 0 Å². The number of hydrogen-bond donors (Lipinski definition) is 0. The molecule has 3 rings (SSSR count). The zero-order chi connectivity index (χ0) is 12.5. The molecule has 0 unspecified atom stereocenters. The van der Waals surface area contributed by atoms with Crippen LogP contribution < -0.4 is 0 Å².